The molecule has 7 heteroatoms. The average Bonchev–Trinajstić information content (AvgIpc) is 2.44. The van der Waals surface area contributed by atoms with Crippen molar-refractivity contribution in [1.82, 2.24) is 0 Å². The summed E-state index contributed by atoms with van der Waals surface area (Å²) >= 11 is 0. The molecule has 0 saturated carbocycles. The first-order valence-electron chi connectivity index (χ1n) is 6.25. The predicted molar refractivity (Wildman–Crippen MR) is 76.1 cm³/mol. The molecule has 0 heterocycles. The SMILES string of the molecule is COC(=O)C=C(C[N+](C)(C)CC(=CC(=O)OC)OC)OC. The van der Waals surface area contributed by atoms with Crippen LogP contribution in [-0.4, -0.2) is 72.0 Å². The van der Waals surface area contributed by atoms with E-state index in [0.717, 1.165) is 0 Å². The Hall–Kier alpha value is -2.02. The Balaban J connectivity index is 4.95. The number of hydrogen-bond acceptors (Lipinski definition) is 6. The van der Waals surface area contributed by atoms with E-state index in [0.29, 0.717) is 29.1 Å². The Bertz CT molecular complexity index is 387. The number of hydrogen-bond donors (Lipinski definition) is 0. The summed E-state index contributed by atoms with van der Waals surface area (Å²) in [6.07, 6.45) is 2.58. The van der Waals surface area contributed by atoms with Crippen LogP contribution in [-0.2, 0) is 28.5 Å². The van der Waals surface area contributed by atoms with Crippen molar-refractivity contribution in [2.45, 2.75) is 0 Å². The van der Waals surface area contributed by atoms with Gasteiger partial charge in [0.1, 0.15) is 13.1 Å². The van der Waals surface area contributed by atoms with Gasteiger partial charge >= 0.3 is 11.9 Å². The molecule has 0 bridgehead atoms. The fourth-order valence-electron chi connectivity index (χ4n) is 1.62. The number of nitrogens with zero attached hydrogens (tertiary/aromatic N) is 1. The summed E-state index contributed by atoms with van der Waals surface area (Å²) in [6, 6.07) is 0. The predicted octanol–water partition coefficient (Wildman–Crippen LogP) is 0.469. The van der Waals surface area contributed by atoms with Crippen LogP contribution < -0.4 is 0 Å². The van der Waals surface area contributed by atoms with Gasteiger partial charge in [-0.3, -0.25) is 0 Å². The van der Waals surface area contributed by atoms with Gasteiger partial charge in [0.15, 0.2) is 11.5 Å². The van der Waals surface area contributed by atoms with E-state index in [1.165, 1.54) is 40.6 Å². The fourth-order valence-corrected chi connectivity index (χ4v) is 1.62. The van der Waals surface area contributed by atoms with Gasteiger partial charge in [0.05, 0.1) is 54.7 Å². The van der Waals surface area contributed by atoms with E-state index in [1.807, 2.05) is 14.1 Å². The Morgan fingerprint density at radius 2 is 1.10 bits per heavy atom. The third-order valence-electron chi connectivity index (χ3n) is 2.65. The second-order valence-electron chi connectivity index (χ2n) is 4.93. The Morgan fingerprint density at radius 1 is 0.762 bits per heavy atom. The molecule has 0 saturated heterocycles. The molecule has 0 atom stereocenters. The van der Waals surface area contributed by atoms with Crippen molar-refractivity contribution in [3.63, 3.8) is 0 Å². The third-order valence-corrected chi connectivity index (χ3v) is 2.65. The Morgan fingerprint density at radius 3 is 1.33 bits per heavy atom. The van der Waals surface area contributed by atoms with E-state index < -0.39 is 11.9 Å². The molecular formula is C14H24NO6+. The molecule has 7 nitrogen and oxygen atoms in total. The molecule has 0 aliphatic carbocycles. The van der Waals surface area contributed by atoms with E-state index >= 15 is 0 Å². The van der Waals surface area contributed by atoms with Gasteiger partial charge in [0.2, 0.25) is 0 Å². The van der Waals surface area contributed by atoms with Crippen LogP contribution in [0.1, 0.15) is 0 Å². The third kappa shape index (κ3) is 7.98. The molecule has 0 spiro atoms. The smallest absolute Gasteiger partial charge is 0.334 e. The normalized spacial score (nSPS) is 12.7. The highest BCUT2D eigenvalue weighted by Crippen LogP contribution is 2.11. The van der Waals surface area contributed by atoms with E-state index in [1.54, 1.807) is 0 Å². The monoisotopic (exact) mass is 302 g/mol. The van der Waals surface area contributed by atoms with E-state index in [-0.39, 0.29) is 0 Å². The number of carbonyl (C=O) groups excluding carboxylic acids is 2. The molecule has 0 N–H and O–H groups in total. The number of esters is 2. The quantitative estimate of drug-likeness (QED) is 0.281. The second kappa shape index (κ2) is 9.02. The van der Waals surface area contributed by atoms with E-state index in [4.69, 9.17) is 9.47 Å². The van der Waals surface area contributed by atoms with Crippen molar-refractivity contribution in [2.24, 2.45) is 0 Å². The molecule has 0 amide bonds. The van der Waals surface area contributed by atoms with E-state index in [9.17, 15) is 9.59 Å². The van der Waals surface area contributed by atoms with Crippen molar-refractivity contribution in [3.8, 4) is 0 Å². The van der Waals surface area contributed by atoms with Crippen LogP contribution in [0.2, 0.25) is 0 Å². The summed E-state index contributed by atoms with van der Waals surface area (Å²) < 4.78 is 19.9. The van der Waals surface area contributed by atoms with Gasteiger partial charge in [-0.05, 0) is 0 Å². The minimum Gasteiger partial charge on any atom is -0.495 e. The van der Waals surface area contributed by atoms with Gasteiger partial charge in [0.25, 0.3) is 0 Å². The van der Waals surface area contributed by atoms with Crippen molar-refractivity contribution in [2.75, 3.05) is 55.6 Å². The lowest BCUT2D eigenvalue weighted by atomic mass is 10.3. The summed E-state index contributed by atoms with van der Waals surface area (Å²) in [7, 11) is 9.39. The van der Waals surface area contributed by atoms with Crippen LogP contribution in [0.3, 0.4) is 0 Å². The van der Waals surface area contributed by atoms with Crippen molar-refractivity contribution in [1.29, 1.82) is 0 Å². The molecule has 0 aliphatic heterocycles. The van der Waals surface area contributed by atoms with Crippen molar-refractivity contribution >= 4 is 11.9 Å². The number of methoxy groups -OCH3 is 4. The number of carbonyl (C=O) groups is 2. The summed E-state index contributed by atoms with van der Waals surface area (Å²) in [5.41, 5.74) is 0. The van der Waals surface area contributed by atoms with Crippen molar-refractivity contribution < 1.29 is 33.0 Å². The number of likely N-dealkylation sites (N-methyl/N-ethyl adjacent to an activating group) is 1. The molecule has 0 aromatic carbocycles. The zero-order valence-corrected chi connectivity index (χ0v) is 13.5. The van der Waals surface area contributed by atoms with Gasteiger partial charge in [0, 0.05) is 0 Å². The second-order valence-corrected chi connectivity index (χ2v) is 4.93. The lowest BCUT2D eigenvalue weighted by molar-refractivity contribution is -0.883. The molecule has 0 radical (unpaired) electrons. The average molecular weight is 302 g/mol. The summed E-state index contributed by atoms with van der Waals surface area (Å²) in [5.74, 6) is -0.0198. The van der Waals surface area contributed by atoms with Crippen LogP contribution >= 0.6 is 0 Å². The topological polar surface area (TPSA) is 71.1 Å². The number of rotatable bonds is 8. The summed E-state index contributed by atoms with van der Waals surface area (Å²) in [5, 5.41) is 0. The standard InChI is InChI=1S/C14H24NO6/c1-15(2,9-11(18-3)7-13(16)20-5)10-12(19-4)8-14(17)21-6/h7-8H,9-10H2,1-6H3/q+1. The maximum absolute atomic E-state index is 11.2. The largest absolute Gasteiger partial charge is 0.495 e. The highest BCUT2D eigenvalue weighted by Gasteiger charge is 2.22. The van der Waals surface area contributed by atoms with Gasteiger partial charge in [-0.25, -0.2) is 9.59 Å². The van der Waals surface area contributed by atoms with Crippen molar-refractivity contribution in [3.05, 3.63) is 23.7 Å². The molecule has 21 heavy (non-hydrogen) atoms. The minimum absolute atomic E-state index is 0.410. The fraction of sp³-hybridized carbons (Fsp3) is 0.571. The van der Waals surface area contributed by atoms with Crippen LogP contribution in [0.4, 0.5) is 0 Å². The Labute approximate surface area is 125 Å². The van der Waals surface area contributed by atoms with Gasteiger partial charge < -0.3 is 23.4 Å². The van der Waals surface area contributed by atoms with Gasteiger partial charge in [-0.1, -0.05) is 0 Å². The first-order valence-corrected chi connectivity index (χ1v) is 6.25. The highest BCUT2D eigenvalue weighted by molar-refractivity contribution is 5.82. The first kappa shape index (κ1) is 19.0. The molecule has 0 aromatic rings. The van der Waals surface area contributed by atoms with Gasteiger partial charge in [-0.2, -0.15) is 0 Å². The van der Waals surface area contributed by atoms with Crippen LogP contribution in [0.5, 0.6) is 0 Å². The number of quaternary nitrogens is 1. The lowest BCUT2D eigenvalue weighted by Gasteiger charge is -2.30. The molecule has 0 fully saturated rings. The molecule has 0 unspecified atom stereocenters. The molecular weight excluding hydrogens is 278 g/mol. The molecule has 0 aliphatic rings. The first-order chi connectivity index (χ1) is 9.77. The summed E-state index contributed by atoms with van der Waals surface area (Å²) in [4.78, 5) is 22.5. The summed E-state index contributed by atoms with van der Waals surface area (Å²) in [6.45, 7) is 0.848. The van der Waals surface area contributed by atoms with Crippen LogP contribution in [0.15, 0.2) is 23.7 Å². The van der Waals surface area contributed by atoms with Crippen LogP contribution in [0, 0.1) is 0 Å². The maximum atomic E-state index is 11.2. The minimum atomic E-state index is -0.482. The highest BCUT2D eigenvalue weighted by atomic mass is 16.5. The Kier molecular flexibility index (Phi) is 8.15. The molecule has 0 rings (SSSR count). The maximum Gasteiger partial charge on any atom is 0.334 e. The molecule has 120 valence electrons. The zero-order chi connectivity index (χ0) is 16.5. The van der Waals surface area contributed by atoms with Crippen LogP contribution in [0.25, 0.3) is 0 Å². The number of ether oxygens (including phenoxy) is 4. The van der Waals surface area contributed by atoms with Gasteiger partial charge in [-0.15, -0.1) is 0 Å². The van der Waals surface area contributed by atoms with E-state index in [2.05, 4.69) is 9.47 Å². The zero-order valence-electron chi connectivity index (χ0n) is 13.5. The lowest BCUT2D eigenvalue weighted by Crippen LogP contribution is -2.43. The molecule has 0 aromatic heterocycles.